The molecule has 0 aliphatic carbocycles. The fraction of sp³-hybridized carbons (Fsp3) is 0. The maximum absolute atomic E-state index is 11.8. The van der Waals surface area contributed by atoms with Crippen LogP contribution < -0.4 is 16.5 Å². The van der Waals surface area contributed by atoms with E-state index in [0.717, 1.165) is 0 Å². The Balaban J connectivity index is 1.95. The molecule has 2 rings (SSSR count). The molecule has 0 heterocycles. The van der Waals surface area contributed by atoms with E-state index in [1.165, 1.54) is 30.5 Å². The van der Waals surface area contributed by atoms with Gasteiger partial charge in [-0.15, -0.1) is 0 Å². The second-order valence-electron chi connectivity index (χ2n) is 4.73. The van der Waals surface area contributed by atoms with Crippen LogP contribution in [0.4, 0.5) is 5.69 Å². The number of nitrogens with two attached hydrogens (primary N) is 1. The van der Waals surface area contributed by atoms with E-state index in [1.54, 1.807) is 18.2 Å². The molecule has 0 spiro atoms. The summed E-state index contributed by atoms with van der Waals surface area (Å²) in [7, 11) is 0. The molecule has 0 saturated carbocycles. The average Bonchev–Trinajstić information content (AvgIpc) is 2.57. The standard InChI is InChI=1S/C16H12Cl2N4O3/c17-12-2-1-3-13(18)11(12)8-20-22-16(25)15(24)21-10-6-4-9(5-7-10)14(19)23/h1-8H,(H2,19,23)(H,21,24)(H,22,25)/b20-8+. The van der Waals surface area contributed by atoms with Crippen LogP contribution in [0.1, 0.15) is 15.9 Å². The van der Waals surface area contributed by atoms with Crippen LogP contribution in [0.25, 0.3) is 0 Å². The van der Waals surface area contributed by atoms with Crippen LogP contribution in [-0.4, -0.2) is 23.9 Å². The van der Waals surface area contributed by atoms with Crippen molar-refractivity contribution in [3.63, 3.8) is 0 Å². The number of carbonyl (C=O) groups excluding carboxylic acids is 3. The van der Waals surface area contributed by atoms with Gasteiger partial charge in [-0.1, -0.05) is 29.3 Å². The number of primary amides is 1. The van der Waals surface area contributed by atoms with Gasteiger partial charge in [-0.2, -0.15) is 5.10 Å². The highest BCUT2D eigenvalue weighted by Gasteiger charge is 2.13. The maximum Gasteiger partial charge on any atom is 0.329 e. The third-order valence-corrected chi connectivity index (χ3v) is 3.65. The lowest BCUT2D eigenvalue weighted by molar-refractivity contribution is -0.136. The molecular formula is C16H12Cl2N4O3. The molecule has 0 unspecified atom stereocenters. The van der Waals surface area contributed by atoms with Crippen LogP contribution in [0.2, 0.25) is 10.0 Å². The molecule has 0 atom stereocenters. The van der Waals surface area contributed by atoms with Gasteiger partial charge < -0.3 is 11.1 Å². The molecule has 25 heavy (non-hydrogen) atoms. The van der Waals surface area contributed by atoms with Gasteiger partial charge in [0, 0.05) is 16.8 Å². The molecule has 2 aromatic rings. The number of halogens is 2. The van der Waals surface area contributed by atoms with E-state index in [4.69, 9.17) is 28.9 Å². The van der Waals surface area contributed by atoms with Gasteiger partial charge in [0.05, 0.1) is 16.3 Å². The average molecular weight is 379 g/mol. The highest BCUT2D eigenvalue weighted by molar-refractivity contribution is 6.40. The molecule has 7 nitrogen and oxygen atoms in total. The van der Waals surface area contributed by atoms with E-state index in [2.05, 4.69) is 15.8 Å². The summed E-state index contributed by atoms with van der Waals surface area (Å²) in [5.41, 5.74) is 8.19. The molecule has 0 aliphatic rings. The van der Waals surface area contributed by atoms with Gasteiger partial charge in [0.15, 0.2) is 0 Å². The minimum Gasteiger partial charge on any atom is -0.366 e. The van der Waals surface area contributed by atoms with Gasteiger partial charge in [-0.05, 0) is 36.4 Å². The van der Waals surface area contributed by atoms with Crippen LogP contribution in [0.15, 0.2) is 47.6 Å². The highest BCUT2D eigenvalue weighted by atomic mass is 35.5. The Morgan fingerprint density at radius 2 is 1.56 bits per heavy atom. The zero-order chi connectivity index (χ0) is 18.4. The van der Waals surface area contributed by atoms with Crippen molar-refractivity contribution in [1.82, 2.24) is 5.43 Å². The molecule has 9 heteroatoms. The topological polar surface area (TPSA) is 114 Å². The van der Waals surface area contributed by atoms with Crippen LogP contribution in [0, 0.1) is 0 Å². The Kier molecular flexibility index (Phi) is 6.10. The van der Waals surface area contributed by atoms with Gasteiger partial charge >= 0.3 is 11.8 Å². The Hall–Kier alpha value is -2.90. The predicted molar refractivity (Wildman–Crippen MR) is 95.8 cm³/mol. The molecule has 2 aromatic carbocycles. The van der Waals surface area contributed by atoms with Crippen molar-refractivity contribution in [2.75, 3.05) is 5.32 Å². The Morgan fingerprint density at radius 3 is 2.12 bits per heavy atom. The number of hydrazone groups is 1. The SMILES string of the molecule is NC(=O)c1ccc(NC(=O)C(=O)N/N=C/c2c(Cl)cccc2Cl)cc1. The van der Waals surface area contributed by atoms with Crippen molar-refractivity contribution in [2.45, 2.75) is 0 Å². The first-order chi connectivity index (χ1) is 11.9. The number of anilines is 1. The summed E-state index contributed by atoms with van der Waals surface area (Å²) >= 11 is 11.9. The van der Waals surface area contributed by atoms with Crippen molar-refractivity contribution in [3.8, 4) is 0 Å². The van der Waals surface area contributed by atoms with Gasteiger partial charge in [0.25, 0.3) is 0 Å². The first kappa shape index (κ1) is 18.4. The first-order valence-electron chi connectivity index (χ1n) is 6.86. The molecule has 4 N–H and O–H groups in total. The summed E-state index contributed by atoms with van der Waals surface area (Å²) < 4.78 is 0. The summed E-state index contributed by atoms with van der Waals surface area (Å²) in [6.07, 6.45) is 1.23. The zero-order valence-corrected chi connectivity index (χ0v) is 14.1. The summed E-state index contributed by atoms with van der Waals surface area (Å²) in [4.78, 5) is 34.4. The lowest BCUT2D eigenvalue weighted by atomic mass is 10.2. The molecule has 0 saturated heterocycles. The van der Waals surface area contributed by atoms with E-state index in [0.29, 0.717) is 21.3 Å². The summed E-state index contributed by atoms with van der Waals surface area (Å²) in [5, 5.41) is 6.70. The van der Waals surface area contributed by atoms with Crippen molar-refractivity contribution < 1.29 is 14.4 Å². The largest absolute Gasteiger partial charge is 0.366 e. The van der Waals surface area contributed by atoms with E-state index >= 15 is 0 Å². The second kappa shape index (κ2) is 8.27. The fourth-order valence-electron chi connectivity index (χ4n) is 1.75. The third-order valence-electron chi connectivity index (χ3n) is 2.99. The van der Waals surface area contributed by atoms with Crippen LogP contribution in [0.3, 0.4) is 0 Å². The number of benzene rings is 2. The minimum absolute atomic E-state index is 0.281. The van der Waals surface area contributed by atoms with Gasteiger partial charge in [0.2, 0.25) is 5.91 Å². The number of carbonyl (C=O) groups is 3. The Labute approximate surface area is 152 Å². The van der Waals surface area contributed by atoms with Crippen molar-refractivity contribution in [2.24, 2.45) is 10.8 Å². The Bertz CT molecular complexity index is 831. The molecule has 0 bridgehead atoms. The fourth-order valence-corrected chi connectivity index (χ4v) is 2.24. The van der Waals surface area contributed by atoms with E-state index in [-0.39, 0.29) is 5.56 Å². The molecule has 0 fully saturated rings. The van der Waals surface area contributed by atoms with Crippen molar-refractivity contribution >= 4 is 52.8 Å². The number of nitrogens with zero attached hydrogens (tertiary/aromatic N) is 1. The van der Waals surface area contributed by atoms with Crippen molar-refractivity contribution in [3.05, 3.63) is 63.6 Å². The smallest absolute Gasteiger partial charge is 0.329 e. The number of nitrogens with one attached hydrogen (secondary N) is 2. The number of rotatable bonds is 4. The third kappa shape index (κ3) is 5.03. The second-order valence-corrected chi connectivity index (χ2v) is 5.54. The lowest BCUT2D eigenvalue weighted by Gasteiger charge is -2.04. The van der Waals surface area contributed by atoms with Gasteiger partial charge in [0.1, 0.15) is 0 Å². The predicted octanol–water partition coefficient (Wildman–Crippen LogP) is 2.18. The summed E-state index contributed by atoms with van der Waals surface area (Å²) in [6.45, 7) is 0. The van der Waals surface area contributed by atoms with E-state index in [1.807, 2.05) is 0 Å². The molecular weight excluding hydrogens is 367 g/mol. The van der Waals surface area contributed by atoms with Crippen molar-refractivity contribution in [1.29, 1.82) is 0 Å². The quantitative estimate of drug-likeness (QED) is 0.430. The molecule has 3 amide bonds. The molecule has 0 radical (unpaired) electrons. The summed E-state index contributed by atoms with van der Waals surface area (Å²) in [6, 6.07) is 10.6. The highest BCUT2D eigenvalue weighted by Crippen LogP contribution is 2.21. The molecule has 0 aromatic heterocycles. The van der Waals surface area contributed by atoms with Crippen LogP contribution >= 0.6 is 23.2 Å². The zero-order valence-electron chi connectivity index (χ0n) is 12.6. The molecule has 128 valence electrons. The monoisotopic (exact) mass is 378 g/mol. The van der Waals surface area contributed by atoms with Crippen LogP contribution in [0.5, 0.6) is 0 Å². The number of amides is 3. The number of hydrogen-bond donors (Lipinski definition) is 3. The summed E-state index contributed by atoms with van der Waals surface area (Å²) in [5.74, 6) is -2.52. The lowest BCUT2D eigenvalue weighted by Crippen LogP contribution is -2.32. The number of hydrogen-bond acceptors (Lipinski definition) is 4. The van der Waals surface area contributed by atoms with Gasteiger partial charge in [-0.3, -0.25) is 14.4 Å². The Morgan fingerprint density at radius 1 is 0.960 bits per heavy atom. The maximum atomic E-state index is 11.8. The normalized spacial score (nSPS) is 10.5. The molecule has 0 aliphatic heterocycles. The first-order valence-corrected chi connectivity index (χ1v) is 7.62. The van der Waals surface area contributed by atoms with Gasteiger partial charge in [-0.25, -0.2) is 5.43 Å². The van der Waals surface area contributed by atoms with Crippen LogP contribution in [-0.2, 0) is 9.59 Å². The van der Waals surface area contributed by atoms with E-state index < -0.39 is 17.7 Å². The van der Waals surface area contributed by atoms with E-state index in [9.17, 15) is 14.4 Å². The minimum atomic E-state index is -0.988.